The fourth-order valence-corrected chi connectivity index (χ4v) is 2.35. The Labute approximate surface area is 124 Å². The molecule has 1 unspecified atom stereocenters. The lowest BCUT2D eigenvalue weighted by Crippen LogP contribution is -2.18. The molecule has 4 heteroatoms. The van der Waals surface area contributed by atoms with Gasteiger partial charge in [-0.2, -0.15) is 0 Å². The lowest BCUT2D eigenvalue weighted by atomic mass is 10.1. The molecule has 0 fully saturated rings. The van der Waals surface area contributed by atoms with Gasteiger partial charge in [0.2, 0.25) is 6.79 Å². The minimum Gasteiger partial charge on any atom is -0.489 e. The predicted octanol–water partition coefficient (Wildman–Crippen LogP) is 2.88. The van der Waals surface area contributed by atoms with Crippen LogP contribution < -0.4 is 19.9 Å². The van der Waals surface area contributed by atoms with E-state index in [2.05, 4.69) is 6.07 Å². The highest BCUT2D eigenvalue weighted by Gasteiger charge is 2.13. The van der Waals surface area contributed by atoms with Crippen molar-refractivity contribution in [1.29, 1.82) is 0 Å². The third-order valence-corrected chi connectivity index (χ3v) is 3.35. The van der Waals surface area contributed by atoms with Gasteiger partial charge in [-0.1, -0.05) is 24.3 Å². The topological polar surface area (TPSA) is 53.7 Å². The first-order valence-corrected chi connectivity index (χ1v) is 7.07. The SMILES string of the molecule is CC(N)Cc1ccccc1OCc1ccc2c(c1)OCO2. The molecular formula is C17H19NO3. The molecule has 0 spiro atoms. The maximum absolute atomic E-state index is 5.93. The molecule has 2 aromatic rings. The van der Waals surface area contributed by atoms with Crippen molar-refractivity contribution in [3.05, 3.63) is 53.6 Å². The monoisotopic (exact) mass is 285 g/mol. The van der Waals surface area contributed by atoms with Crippen molar-refractivity contribution >= 4 is 0 Å². The quantitative estimate of drug-likeness (QED) is 0.917. The Balaban J connectivity index is 1.70. The van der Waals surface area contributed by atoms with Crippen LogP contribution >= 0.6 is 0 Å². The Morgan fingerprint density at radius 1 is 1.14 bits per heavy atom. The molecule has 0 aliphatic carbocycles. The molecular weight excluding hydrogens is 266 g/mol. The number of benzene rings is 2. The number of hydrogen-bond acceptors (Lipinski definition) is 4. The van der Waals surface area contributed by atoms with Crippen molar-refractivity contribution in [2.24, 2.45) is 5.73 Å². The van der Waals surface area contributed by atoms with Crippen molar-refractivity contribution in [3.8, 4) is 17.2 Å². The average Bonchev–Trinajstić information content (AvgIpc) is 2.93. The first kappa shape index (κ1) is 13.8. The summed E-state index contributed by atoms with van der Waals surface area (Å²) in [6, 6.07) is 14.0. The molecule has 0 radical (unpaired) electrons. The standard InChI is InChI=1S/C17H19NO3/c1-12(18)8-14-4-2-3-5-15(14)19-10-13-6-7-16-17(9-13)21-11-20-16/h2-7,9,12H,8,10-11,18H2,1H3. The van der Waals surface area contributed by atoms with E-state index in [0.717, 1.165) is 34.8 Å². The van der Waals surface area contributed by atoms with Gasteiger partial charge in [0, 0.05) is 6.04 Å². The third kappa shape index (κ3) is 3.28. The molecule has 0 amide bonds. The molecule has 0 bridgehead atoms. The zero-order valence-corrected chi connectivity index (χ0v) is 12.0. The van der Waals surface area contributed by atoms with Gasteiger partial charge in [-0.3, -0.25) is 0 Å². The van der Waals surface area contributed by atoms with Crippen molar-refractivity contribution < 1.29 is 14.2 Å². The van der Waals surface area contributed by atoms with Crippen LogP contribution in [0.25, 0.3) is 0 Å². The van der Waals surface area contributed by atoms with Crippen LogP contribution in [0.4, 0.5) is 0 Å². The number of fused-ring (bicyclic) bond motifs is 1. The molecule has 1 aliphatic heterocycles. The van der Waals surface area contributed by atoms with Gasteiger partial charge in [-0.05, 0) is 42.7 Å². The van der Waals surface area contributed by atoms with E-state index in [1.54, 1.807) is 0 Å². The molecule has 1 heterocycles. The Kier molecular flexibility index (Phi) is 3.97. The molecule has 1 aliphatic rings. The van der Waals surface area contributed by atoms with Crippen molar-refractivity contribution in [2.75, 3.05) is 6.79 Å². The summed E-state index contributed by atoms with van der Waals surface area (Å²) in [7, 11) is 0. The van der Waals surface area contributed by atoms with E-state index in [1.807, 2.05) is 43.3 Å². The molecule has 3 rings (SSSR count). The van der Waals surface area contributed by atoms with Crippen LogP contribution in [0.5, 0.6) is 17.2 Å². The Hall–Kier alpha value is -2.20. The molecule has 0 saturated heterocycles. The Morgan fingerprint density at radius 2 is 1.95 bits per heavy atom. The summed E-state index contributed by atoms with van der Waals surface area (Å²) in [4.78, 5) is 0. The zero-order chi connectivity index (χ0) is 14.7. The Morgan fingerprint density at radius 3 is 2.81 bits per heavy atom. The summed E-state index contributed by atoms with van der Waals surface area (Å²) < 4.78 is 16.6. The molecule has 0 saturated carbocycles. The molecule has 21 heavy (non-hydrogen) atoms. The lowest BCUT2D eigenvalue weighted by molar-refractivity contribution is 0.174. The van der Waals surface area contributed by atoms with Crippen LogP contribution in [0, 0.1) is 0 Å². The van der Waals surface area contributed by atoms with Gasteiger partial charge in [-0.25, -0.2) is 0 Å². The molecule has 2 aromatic carbocycles. The number of nitrogens with two attached hydrogens (primary N) is 1. The van der Waals surface area contributed by atoms with Gasteiger partial charge in [0.1, 0.15) is 12.4 Å². The third-order valence-electron chi connectivity index (χ3n) is 3.35. The second kappa shape index (κ2) is 6.06. The van der Waals surface area contributed by atoms with E-state index in [1.165, 1.54) is 0 Å². The fourth-order valence-electron chi connectivity index (χ4n) is 2.35. The number of rotatable bonds is 5. The predicted molar refractivity (Wildman–Crippen MR) is 80.7 cm³/mol. The van der Waals surface area contributed by atoms with Gasteiger partial charge in [-0.15, -0.1) is 0 Å². The minimum atomic E-state index is 0.111. The normalized spacial score (nSPS) is 14.0. The van der Waals surface area contributed by atoms with Crippen LogP contribution in [0.3, 0.4) is 0 Å². The van der Waals surface area contributed by atoms with Gasteiger partial charge >= 0.3 is 0 Å². The van der Waals surface area contributed by atoms with Gasteiger partial charge in [0.15, 0.2) is 11.5 Å². The van der Waals surface area contributed by atoms with Crippen LogP contribution in [0.1, 0.15) is 18.1 Å². The number of para-hydroxylation sites is 1. The second-order valence-corrected chi connectivity index (χ2v) is 5.27. The van der Waals surface area contributed by atoms with Crippen molar-refractivity contribution in [2.45, 2.75) is 26.0 Å². The zero-order valence-electron chi connectivity index (χ0n) is 12.0. The maximum atomic E-state index is 5.93. The largest absolute Gasteiger partial charge is 0.489 e. The number of hydrogen-bond donors (Lipinski definition) is 1. The average molecular weight is 285 g/mol. The Bertz CT molecular complexity index is 625. The lowest BCUT2D eigenvalue weighted by Gasteiger charge is -2.13. The van der Waals surface area contributed by atoms with Gasteiger partial charge in [0.05, 0.1) is 0 Å². The van der Waals surface area contributed by atoms with E-state index in [0.29, 0.717) is 6.61 Å². The van der Waals surface area contributed by atoms with E-state index in [9.17, 15) is 0 Å². The minimum absolute atomic E-state index is 0.111. The summed E-state index contributed by atoms with van der Waals surface area (Å²) >= 11 is 0. The van der Waals surface area contributed by atoms with Crippen molar-refractivity contribution in [3.63, 3.8) is 0 Å². The summed E-state index contributed by atoms with van der Waals surface area (Å²) in [6.07, 6.45) is 0.803. The van der Waals surface area contributed by atoms with E-state index < -0.39 is 0 Å². The van der Waals surface area contributed by atoms with Gasteiger partial charge < -0.3 is 19.9 Å². The van der Waals surface area contributed by atoms with Crippen LogP contribution in [-0.2, 0) is 13.0 Å². The summed E-state index contributed by atoms with van der Waals surface area (Å²) in [5.74, 6) is 2.45. The smallest absolute Gasteiger partial charge is 0.231 e. The summed E-state index contributed by atoms with van der Waals surface area (Å²) in [6.45, 7) is 2.78. The first-order chi connectivity index (χ1) is 10.2. The van der Waals surface area contributed by atoms with Crippen molar-refractivity contribution in [1.82, 2.24) is 0 Å². The van der Waals surface area contributed by atoms with Crippen LogP contribution in [0.15, 0.2) is 42.5 Å². The van der Waals surface area contributed by atoms with Crippen LogP contribution in [-0.4, -0.2) is 12.8 Å². The highest BCUT2D eigenvalue weighted by Crippen LogP contribution is 2.33. The highest BCUT2D eigenvalue weighted by molar-refractivity contribution is 5.44. The highest BCUT2D eigenvalue weighted by atomic mass is 16.7. The van der Waals surface area contributed by atoms with E-state index >= 15 is 0 Å². The molecule has 2 N–H and O–H groups in total. The fraction of sp³-hybridized carbons (Fsp3) is 0.294. The summed E-state index contributed by atoms with van der Waals surface area (Å²) in [5.41, 5.74) is 8.06. The van der Waals surface area contributed by atoms with E-state index in [-0.39, 0.29) is 12.8 Å². The van der Waals surface area contributed by atoms with E-state index in [4.69, 9.17) is 19.9 Å². The number of ether oxygens (including phenoxy) is 3. The maximum Gasteiger partial charge on any atom is 0.231 e. The molecule has 110 valence electrons. The first-order valence-electron chi connectivity index (χ1n) is 7.07. The van der Waals surface area contributed by atoms with Gasteiger partial charge in [0.25, 0.3) is 0 Å². The molecule has 4 nitrogen and oxygen atoms in total. The molecule has 1 atom stereocenters. The van der Waals surface area contributed by atoms with Crippen LogP contribution in [0.2, 0.25) is 0 Å². The summed E-state index contributed by atoms with van der Waals surface area (Å²) in [5, 5.41) is 0. The molecule has 0 aromatic heterocycles. The second-order valence-electron chi connectivity index (χ2n) is 5.27.